The number of amides is 1. The first-order chi connectivity index (χ1) is 8.24. The lowest BCUT2D eigenvalue weighted by atomic mass is 10.1. The fourth-order valence-electron chi connectivity index (χ4n) is 1.75. The zero-order chi connectivity index (χ0) is 12.5. The summed E-state index contributed by atoms with van der Waals surface area (Å²) in [6, 6.07) is 8.27. The Labute approximate surface area is 103 Å². The fourth-order valence-corrected chi connectivity index (χ4v) is 1.75. The van der Waals surface area contributed by atoms with Gasteiger partial charge in [-0.25, -0.2) is 0 Å². The minimum atomic E-state index is 0.132. The van der Waals surface area contributed by atoms with Gasteiger partial charge in [-0.15, -0.1) is 0 Å². The molecule has 0 atom stereocenters. The van der Waals surface area contributed by atoms with Crippen LogP contribution in [0, 0.1) is 6.92 Å². The Kier molecular flexibility index (Phi) is 6.33. The summed E-state index contributed by atoms with van der Waals surface area (Å²) in [5, 5.41) is 2.94. The topological polar surface area (TPSA) is 55.1 Å². The van der Waals surface area contributed by atoms with Gasteiger partial charge in [0.05, 0.1) is 0 Å². The number of hydrogen-bond acceptors (Lipinski definition) is 2. The van der Waals surface area contributed by atoms with Crippen LogP contribution in [0.15, 0.2) is 24.3 Å². The summed E-state index contributed by atoms with van der Waals surface area (Å²) >= 11 is 0. The van der Waals surface area contributed by atoms with E-state index in [2.05, 4.69) is 24.4 Å². The largest absolute Gasteiger partial charge is 0.356 e. The molecule has 0 saturated heterocycles. The summed E-state index contributed by atoms with van der Waals surface area (Å²) in [5.41, 5.74) is 7.96. The van der Waals surface area contributed by atoms with Gasteiger partial charge in [0.1, 0.15) is 0 Å². The number of unbranched alkanes of at least 4 members (excludes halogenated alkanes) is 1. The molecule has 3 nitrogen and oxygen atoms in total. The average Bonchev–Trinajstić information content (AvgIpc) is 2.32. The molecular weight excluding hydrogens is 212 g/mol. The summed E-state index contributed by atoms with van der Waals surface area (Å²) < 4.78 is 0. The van der Waals surface area contributed by atoms with Gasteiger partial charge in [-0.05, 0) is 43.9 Å². The monoisotopic (exact) mass is 234 g/mol. The fraction of sp³-hybridized carbons (Fsp3) is 0.500. The van der Waals surface area contributed by atoms with Crippen molar-refractivity contribution in [1.29, 1.82) is 0 Å². The minimum Gasteiger partial charge on any atom is -0.356 e. The maximum absolute atomic E-state index is 11.4. The van der Waals surface area contributed by atoms with E-state index in [1.54, 1.807) is 0 Å². The molecule has 17 heavy (non-hydrogen) atoms. The third kappa shape index (κ3) is 5.50. The second-order valence-corrected chi connectivity index (χ2v) is 4.27. The van der Waals surface area contributed by atoms with Gasteiger partial charge in [-0.3, -0.25) is 4.79 Å². The molecule has 0 saturated carbocycles. The van der Waals surface area contributed by atoms with E-state index in [0.717, 1.165) is 19.3 Å². The first-order valence-corrected chi connectivity index (χ1v) is 6.25. The molecule has 1 aromatic rings. The minimum absolute atomic E-state index is 0.132. The quantitative estimate of drug-likeness (QED) is 0.707. The molecule has 0 aliphatic heterocycles. The van der Waals surface area contributed by atoms with Crippen molar-refractivity contribution in [3.05, 3.63) is 35.4 Å². The number of aryl methyl sites for hydroxylation is 1. The zero-order valence-electron chi connectivity index (χ0n) is 10.5. The summed E-state index contributed by atoms with van der Waals surface area (Å²) in [6.07, 6.45) is 3.29. The van der Waals surface area contributed by atoms with Crippen molar-refractivity contribution in [1.82, 2.24) is 5.32 Å². The van der Waals surface area contributed by atoms with Crippen molar-refractivity contribution in [2.75, 3.05) is 13.1 Å². The van der Waals surface area contributed by atoms with Gasteiger partial charge in [-0.2, -0.15) is 0 Å². The summed E-state index contributed by atoms with van der Waals surface area (Å²) in [6.45, 7) is 3.47. The highest BCUT2D eigenvalue weighted by molar-refractivity contribution is 5.75. The molecule has 0 radical (unpaired) electrons. The SMILES string of the molecule is Cc1ccccc1CCNC(=O)CCCCN. The van der Waals surface area contributed by atoms with Crippen molar-refractivity contribution in [3.63, 3.8) is 0 Å². The molecule has 3 heteroatoms. The molecule has 0 bridgehead atoms. The molecule has 0 unspecified atom stereocenters. The zero-order valence-corrected chi connectivity index (χ0v) is 10.5. The van der Waals surface area contributed by atoms with Gasteiger partial charge in [0, 0.05) is 13.0 Å². The molecule has 1 amide bonds. The number of carbonyl (C=O) groups is 1. The van der Waals surface area contributed by atoms with E-state index in [1.165, 1.54) is 11.1 Å². The number of hydrogen-bond donors (Lipinski definition) is 2. The lowest BCUT2D eigenvalue weighted by Crippen LogP contribution is -2.25. The van der Waals surface area contributed by atoms with Gasteiger partial charge in [0.2, 0.25) is 5.91 Å². The van der Waals surface area contributed by atoms with E-state index in [1.807, 2.05) is 12.1 Å². The highest BCUT2D eigenvalue weighted by Crippen LogP contribution is 2.06. The Morgan fingerprint density at radius 1 is 1.29 bits per heavy atom. The molecule has 0 heterocycles. The van der Waals surface area contributed by atoms with Crippen LogP contribution < -0.4 is 11.1 Å². The number of rotatable bonds is 7. The second kappa shape index (κ2) is 7.85. The van der Waals surface area contributed by atoms with Crippen molar-refractivity contribution in [3.8, 4) is 0 Å². The van der Waals surface area contributed by atoms with Crippen LogP contribution in [-0.2, 0) is 11.2 Å². The molecule has 0 spiro atoms. The van der Waals surface area contributed by atoms with Gasteiger partial charge < -0.3 is 11.1 Å². The molecule has 0 aliphatic carbocycles. The van der Waals surface area contributed by atoms with E-state index in [-0.39, 0.29) is 5.91 Å². The van der Waals surface area contributed by atoms with E-state index in [9.17, 15) is 4.79 Å². The Morgan fingerprint density at radius 3 is 2.76 bits per heavy atom. The predicted octanol–water partition coefficient (Wildman–Crippen LogP) is 1.78. The van der Waals surface area contributed by atoms with Crippen LogP contribution >= 0.6 is 0 Å². The van der Waals surface area contributed by atoms with Crippen LogP contribution in [0.3, 0.4) is 0 Å². The van der Waals surface area contributed by atoms with Gasteiger partial charge in [0.25, 0.3) is 0 Å². The highest BCUT2D eigenvalue weighted by Gasteiger charge is 2.01. The third-order valence-corrected chi connectivity index (χ3v) is 2.84. The summed E-state index contributed by atoms with van der Waals surface area (Å²) in [4.78, 5) is 11.4. The van der Waals surface area contributed by atoms with Crippen LogP contribution in [0.5, 0.6) is 0 Å². The summed E-state index contributed by atoms with van der Waals surface area (Å²) in [7, 11) is 0. The highest BCUT2D eigenvalue weighted by atomic mass is 16.1. The second-order valence-electron chi connectivity index (χ2n) is 4.27. The average molecular weight is 234 g/mol. The molecule has 0 aromatic heterocycles. The van der Waals surface area contributed by atoms with Crippen LogP contribution in [0.2, 0.25) is 0 Å². The molecule has 1 aromatic carbocycles. The van der Waals surface area contributed by atoms with Crippen molar-refractivity contribution in [2.45, 2.75) is 32.6 Å². The van der Waals surface area contributed by atoms with Crippen LogP contribution in [0.1, 0.15) is 30.4 Å². The lowest BCUT2D eigenvalue weighted by Gasteiger charge is -2.07. The maximum atomic E-state index is 11.4. The first-order valence-electron chi connectivity index (χ1n) is 6.25. The third-order valence-electron chi connectivity index (χ3n) is 2.84. The molecule has 3 N–H and O–H groups in total. The van der Waals surface area contributed by atoms with E-state index < -0.39 is 0 Å². The molecule has 0 aliphatic rings. The first kappa shape index (κ1) is 13.7. The van der Waals surface area contributed by atoms with Crippen LogP contribution in [0.25, 0.3) is 0 Å². The molecular formula is C14H22N2O. The number of benzene rings is 1. The lowest BCUT2D eigenvalue weighted by molar-refractivity contribution is -0.121. The van der Waals surface area contributed by atoms with Gasteiger partial charge >= 0.3 is 0 Å². The van der Waals surface area contributed by atoms with Crippen molar-refractivity contribution in [2.24, 2.45) is 5.73 Å². The van der Waals surface area contributed by atoms with Crippen molar-refractivity contribution >= 4 is 5.91 Å². The Hall–Kier alpha value is -1.35. The predicted molar refractivity (Wildman–Crippen MR) is 70.8 cm³/mol. The smallest absolute Gasteiger partial charge is 0.220 e. The number of nitrogens with one attached hydrogen (secondary N) is 1. The number of carbonyl (C=O) groups excluding carboxylic acids is 1. The standard InChI is InChI=1S/C14H22N2O/c1-12-6-2-3-7-13(12)9-11-16-14(17)8-4-5-10-15/h2-3,6-7H,4-5,8-11,15H2,1H3,(H,16,17). The maximum Gasteiger partial charge on any atom is 0.220 e. The normalized spacial score (nSPS) is 10.2. The van der Waals surface area contributed by atoms with Crippen LogP contribution in [-0.4, -0.2) is 19.0 Å². The molecule has 94 valence electrons. The molecule has 1 rings (SSSR count). The van der Waals surface area contributed by atoms with E-state index in [4.69, 9.17) is 5.73 Å². The van der Waals surface area contributed by atoms with Crippen LogP contribution in [0.4, 0.5) is 0 Å². The Bertz CT molecular complexity index is 350. The molecule has 0 fully saturated rings. The van der Waals surface area contributed by atoms with E-state index >= 15 is 0 Å². The van der Waals surface area contributed by atoms with Gasteiger partial charge in [-0.1, -0.05) is 24.3 Å². The Morgan fingerprint density at radius 2 is 2.06 bits per heavy atom. The van der Waals surface area contributed by atoms with Crippen molar-refractivity contribution < 1.29 is 4.79 Å². The van der Waals surface area contributed by atoms with Gasteiger partial charge in [0.15, 0.2) is 0 Å². The Balaban J connectivity index is 2.19. The number of nitrogens with two attached hydrogens (primary N) is 1. The van der Waals surface area contributed by atoms with E-state index in [0.29, 0.717) is 19.5 Å². The summed E-state index contributed by atoms with van der Waals surface area (Å²) in [5.74, 6) is 0.132.